The lowest BCUT2D eigenvalue weighted by atomic mass is 9.34. The van der Waals surface area contributed by atoms with Gasteiger partial charge in [0.1, 0.15) is 0 Å². The van der Waals surface area contributed by atoms with Crippen molar-refractivity contribution in [2.45, 2.75) is 0 Å². The van der Waals surface area contributed by atoms with E-state index in [2.05, 4.69) is 291 Å². The Morgan fingerprint density at radius 1 is 0.315 bits per heavy atom. The zero-order valence-corrected chi connectivity index (χ0v) is 40.1. The molecule has 4 heterocycles. The second-order valence-electron chi connectivity index (χ2n) is 19.3. The Kier molecular flexibility index (Phi) is 9.20. The molecule has 5 nitrogen and oxygen atoms in total. The third-order valence-electron chi connectivity index (χ3n) is 15.5. The summed E-state index contributed by atoms with van der Waals surface area (Å²) in [5.74, 6) is 0. The van der Waals surface area contributed by atoms with E-state index in [0.717, 1.165) is 50.8 Å². The van der Waals surface area contributed by atoms with E-state index in [4.69, 9.17) is 0 Å². The first-order valence-corrected chi connectivity index (χ1v) is 25.2. The van der Waals surface area contributed by atoms with Crippen LogP contribution >= 0.6 is 0 Å². The molecule has 342 valence electrons. The van der Waals surface area contributed by atoms with Crippen molar-refractivity contribution in [3.8, 4) is 17.1 Å². The van der Waals surface area contributed by atoms with Gasteiger partial charge in [-0.15, -0.1) is 0 Å². The van der Waals surface area contributed by atoms with Crippen LogP contribution in [0.1, 0.15) is 0 Å². The molecule has 0 atom stereocenters. The first-order chi connectivity index (χ1) is 36.2. The van der Waals surface area contributed by atoms with Crippen LogP contribution in [0.4, 0.5) is 28.4 Å². The summed E-state index contributed by atoms with van der Waals surface area (Å²) < 4.78 is 7.39. The standard InChI is InChI=1S/C67H46BN5/c1-69(46-23-7-3-8-24-46)65-43-50(44-66-67(65)68(45-21-5-2-6-22-45)57-31-15-20-36-64(57)70(66)47-25-9-4-10-26-47)73-62-39-37-48(71-58-32-16-11-27-51(58)52-28-12-17-33-59(52)71)41-55(62)56-42-49(38-40-63(56)73)72-60-34-18-13-29-53(60)54-30-14-19-35-61(54)72/h2-44H,1H3. The van der Waals surface area contributed by atoms with Crippen molar-refractivity contribution in [2.24, 2.45) is 0 Å². The average molecular weight is 932 g/mol. The van der Waals surface area contributed by atoms with Gasteiger partial charge in [-0.1, -0.05) is 163 Å². The molecule has 6 heteroatoms. The third-order valence-corrected chi connectivity index (χ3v) is 15.5. The van der Waals surface area contributed by atoms with Gasteiger partial charge in [0.2, 0.25) is 6.71 Å². The number of para-hydroxylation sites is 7. The van der Waals surface area contributed by atoms with E-state index in [9.17, 15) is 0 Å². The molecule has 3 aromatic heterocycles. The minimum atomic E-state index is -0.0386. The van der Waals surface area contributed by atoms with Gasteiger partial charge in [-0.3, -0.25) is 0 Å². The Labute approximate surface area is 423 Å². The lowest BCUT2D eigenvalue weighted by molar-refractivity contribution is 1.14. The van der Waals surface area contributed by atoms with E-state index in [0.29, 0.717) is 0 Å². The molecule has 0 aliphatic carbocycles. The Balaban J connectivity index is 1.06. The fraction of sp³-hybridized carbons (Fsp3) is 0.0149. The molecular weight excluding hydrogens is 886 g/mol. The van der Waals surface area contributed by atoms with E-state index in [1.165, 1.54) is 76.5 Å². The fourth-order valence-electron chi connectivity index (χ4n) is 12.3. The highest BCUT2D eigenvalue weighted by Gasteiger charge is 2.38. The van der Waals surface area contributed by atoms with Gasteiger partial charge in [-0.05, 0) is 114 Å². The molecule has 0 unspecified atom stereocenters. The minimum absolute atomic E-state index is 0.0386. The minimum Gasteiger partial charge on any atom is -0.345 e. The van der Waals surface area contributed by atoms with Crippen LogP contribution in [0.5, 0.6) is 0 Å². The summed E-state index contributed by atoms with van der Waals surface area (Å²) in [5, 5.41) is 7.35. The molecule has 1 aliphatic rings. The second-order valence-corrected chi connectivity index (χ2v) is 19.3. The number of rotatable bonds is 7. The quantitative estimate of drug-likeness (QED) is 0.149. The Hall–Kier alpha value is -9.52. The van der Waals surface area contributed by atoms with Gasteiger partial charge >= 0.3 is 0 Å². The molecule has 0 spiro atoms. The third kappa shape index (κ3) is 6.23. The number of hydrogen-bond acceptors (Lipinski definition) is 2. The van der Waals surface area contributed by atoms with Crippen LogP contribution in [0.25, 0.3) is 82.5 Å². The lowest BCUT2D eigenvalue weighted by Crippen LogP contribution is -2.58. The van der Waals surface area contributed by atoms with Crippen LogP contribution in [0.3, 0.4) is 0 Å². The highest BCUT2D eigenvalue weighted by Crippen LogP contribution is 2.44. The maximum Gasteiger partial charge on any atom is 0.249 e. The molecule has 0 N–H and O–H groups in total. The van der Waals surface area contributed by atoms with E-state index in [1.54, 1.807) is 0 Å². The van der Waals surface area contributed by atoms with Crippen molar-refractivity contribution < 1.29 is 0 Å². The van der Waals surface area contributed by atoms with Gasteiger partial charge in [-0.25, -0.2) is 0 Å². The fourth-order valence-corrected chi connectivity index (χ4v) is 12.3. The molecule has 0 amide bonds. The van der Waals surface area contributed by atoms with Crippen molar-refractivity contribution >= 4 is 117 Å². The number of nitrogens with zero attached hydrogens (tertiary/aromatic N) is 5. The molecule has 15 rings (SSSR count). The summed E-state index contributed by atoms with van der Waals surface area (Å²) in [7, 11) is 2.23. The normalized spacial score (nSPS) is 12.4. The highest BCUT2D eigenvalue weighted by atomic mass is 15.2. The topological polar surface area (TPSA) is 21.3 Å². The van der Waals surface area contributed by atoms with Crippen LogP contribution in [0, 0.1) is 0 Å². The molecule has 14 aromatic rings. The molecule has 73 heavy (non-hydrogen) atoms. The van der Waals surface area contributed by atoms with Gasteiger partial charge in [0.15, 0.2) is 0 Å². The summed E-state index contributed by atoms with van der Waals surface area (Å²) in [5.41, 5.74) is 19.8. The maximum absolute atomic E-state index is 2.51. The largest absolute Gasteiger partial charge is 0.345 e. The van der Waals surface area contributed by atoms with E-state index in [1.807, 2.05) is 0 Å². The van der Waals surface area contributed by atoms with E-state index < -0.39 is 0 Å². The summed E-state index contributed by atoms with van der Waals surface area (Å²) in [6.07, 6.45) is 0. The average Bonchev–Trinajstić information content (AvgIpc) is 4.10. The molecular formula is C67H46BN5. The van der Waals surface area contributed by atoms with Crippen molar-refractivity contribution in [3.05, 3.63) is 261 Å². The van der Waals surface area contributed by atoms with E-state index >= 15 is 0 Å². The Morgan fingerprint density at radius 2 is 0.740 bits per heavy atom. The van der Waals surface area contributed by atoms with Crippen molar-refractivity contribution in [1.29, 1.82) is 0 Å². The summed E-state index contributed by atoms with van der Waals surface area (Å²) in [6, 6.07) is 96.0. The summed E-state index contributed by atoms with van der Waals surface area (Å²) in [4.78, 5) is 4.88. The van der Waals surface area contributed by atoms with Crippen LogP contribution in [-0.2, 0) is 0 Å². The number of fused-ring (bicyclic) bond motifs is 11. The molecule has 0 saturated carbocycles. The Morgan fingerprint density at radius 3 is 1.27 bits per heavy atom. The van der Waals surface area contributed by atoms with Crippen LogP contribution in [0.2, 0.25) is 0 Å². The Bertz CT molecular complexity index is 4200. The van der Waals surface area contributed by atoms with Crippen LogP contribution in [-0.4, -0.2) is 27.5 Å². The van der Waals surface area contributed by atoms with Gasteiger partial charge in [0.05, 0.1) is 38.8 Å². The van der Waals surface area contributed by atoms with Gasteiger partial charge < -0.3 is 23.5 Å². The molecule has 0 radical (unpaired) electrons. The lowest BCUT2D eigenvalue weighted by Gasteiger charge is -2.40. The maximum atomic E-state index is 2.51. The monoisotopic (exact) mass is 931 g/mol. The second kappa shape index (κ2) is 16.3. The van der Waals surface area contributed by atoms with Crippen molar-refractivity contribution in [2.75, 3.05) is 16.8 Å². The highest BCUT2D eigenvalue weighted by molar-refractivity contribution is 6.99. The van der Waals surface area contributed by atoms with E-state index in [-0.39, 0.29) is 6.71 Å². The predicted octanol–water partition coefficient (Wildman–Crippen LogP) is 15.0. The van der Waals surface area contributed by atoms with Crippen molar-refractivity contribution in [1.82, 2.24) is 13.7 Å². The van der Waals surface area contributed by atoms with Crippen LogP contribution in [0.15, 0.2) is 261 Å². The first kappa shape index (κ1) is 41.3. The van der Waals surface area contributed by atoms with Gasteiger partial charge in [0.25, 0.3) is 0 Å². The first-order valence-electron chi connectivity index (χ1n) is 25.2. The molecule has 0 bridgehead atoms. The molecule has 1 aliphatic heterocycles. The zero-order valence-electron chi connectivity index (χ0n) is 40.1. The van der Waals surface area contributed by atoms with Crippen LogP contribution < -0.4 is 26.2 Å². The number of hydrogen-bond donors (Lipinski definition) is 0. The number of anilines is 5. The molecule has 11 aromatic carbocycles. The van der Waals surface area contributed by atoms with Gasteiger partial charge in [0, 0.05) is 79.2 Å². The smallest absolute Gasteiger partial charge is 0.249 e. The zero-order chi connectivity index (χ0) is 48.1. The summed E-state index contributed by atoms with van der Waals surface area (Å²) in [6.45, 7) is -0.0386. The summed E-state index contributed by atoms with van der Waals surface area (Å²) >= 11 is 0. The molecule has 0 fully saturated rings. The predicted molar refractivity (Wildman–Crippen MR) is 310 cm³/mol. The van der Waals surface area contributed by atoms with Gasteiger partial charge in [-0.2, -0.15) is 0 Å². The SMILES string of the molecule is CN(c1ccccc1)c1cc(-n2c3ccc(-n4c5ccccc5c5ccccc54)cc3c3cc(-n4c5ccccc5c5ccccc54)ccc32)cc2c1B(c1ccccc1)c1ccccc1N2c1ccccc1. The number of aromatic nitrogens is 3. The van der Waals surface area contributed by atoms with Crippen molar-refractivity contribution in [3.63, 3.8) is 0 Å². The number of benzene rings is 11. The molecule has 0 saturated heterocycles.